The van der Waals surface area contributed by atoms with E-state index in [1.807, 2.05) is 0 Å². The molecule has 0 aliphatic heterocycles. The van der Waals surface area contributed by atoms with Crippen LogP contribution in [-0.4, -0.2) is 41.7 Å². The average molecular weight is 315 g/mol. The second-order valence-corrected chi connectivity index (χ2v) is 6.18. The molecule has 0 unspecified atom stereocenters. The molecule has 0 saturated carbocycles. The molecular weight excluding hydrogens is 298 g/mol. The van der Waals surface area contributed by atoms with Crippen LogP contribution in [-0.2, 0) is 19.7 Å². The SMILES string of the molecule is CC(=O)N(c1ccccc1C)[C@@H](CCS(=O)(=O)O)C(=O)O. The molecule has 2 N–H and O–H groups in total. The monoisotopic (exact) mass is 315 g/mol. The molecular formula is C13H17NO6S. The van der Waals surface area contributed by atoms with Crippen LogP contribution in [0, 0.1) is 6.92 Å². The van der Waals surface area contributed by atoms with Gasteiger partial charge >= 0.3 is 5.97 Å². The first-order valence-electron chi connectivity index (χ1n) is 6.17. The van der Waals surface area contributed by atoms with E-state index >= 15 is 0 Å². The van der Waals surface area contributed by atoms with Crippen molar-refractivity contribution in [3.63, 3.8) is 0 Å². The van der Waals surface area contributed by atoms with Crippen molar-refractivity contribution in [2.24, 2.45) is 0 Å². The van der Waals surface area contributed by atoms with E-state index in [-0.39, 0.29) is 0 Å². The first-order valence-corrected chi connectivity index (χ1v) is 7.78. The summed E-state index contributed by atoms with van der Waals surface area (Å²) >= 11 is 0. The van der Waals surface area contributed by atoms with Gasteiger partial charge in [0.2, 0.25) is 5.91 Å². The van der Waals surface area contributed by atoms with Crippen LogP contribution in [0.4, 0.5) is 5.69 Å². The molecule has 0 bridgehead atoms. The van der Waals surface area contributed by atoms with E-state index < -0.39 is 40.2 Å². The molecule has 21 heavy (non-hydrogen) atoms. The largest absolute Gasteiger partial charge is 0.480 e. The van der Waals surface area contributed by atoms with Gasteiger partial charge in [0.25, 0.3) is 10.1 Å². The zero-order chi connectivity index (χ0) is 16.2. The molecule has 8 heteroatoms. The lowest BCUT2D eigenvalue weighted by molar-refractivity contribution is -0.140. The number of aliphatic carboxylic acids is 1. The van der Waals surface area contributed by atoms with Crippen LogP contribution in [0.1, 0.15) is 18.9 Å². The van der Waals surface area contributed by atoms with Gasteiger partial charge in [-0.1, -0.05) is 18.2 Å². The van der Waals surface area contributed by atoms with E-state index in [0.29, 0.717) is 11.3 Å². The van der Waals surface area contributed by atoms with E-state index in [1.165, 1.54) is 6.92 Å². The Morgan fingerprint density at radius 2 is 1.86 bits per heavy atom. The van der Waals surface area contributed by atoms with Crippen molar-refractivity contribution in [2.75, 3.05) is 10.7 Å². The highest BCUT2D eigenvalue weighted by atomic mass is 32.2. The first-order chi connectivity index (χ1) is 9.63. The van der Waals surface area contributed by atoms with Crippen molar-refractivity contribution in [1.82, 2.24) is 0 Å². The summed E-state index contributed by atoms with van der Waals surface area (Å²) in [6.07, 6.45) is -0.401. The highest BCUT2D eigenvalue weighted by Gasteiger charge is 2.30. The summed E-state index contributed by atoms with van der Waals surface area (Å²) in [5, 5.41) is 9.27. The molecule has 0 aliphatic rings. The maximum absolute atomic E-state index is 11.8. The lowest BCUT2D eigenvalue weighted by Gasteiger charge is -2.29. The van der Waals surface area contributed by atoms with Crippen molar-refractivity contribution in [1.29, 1.82) is 0 Å². The minimum atomic E-state index is -4.31. The molecule has 1 amide bonds. The van der Waals surface area contributed by atoms with Gasteiger partial charge in [-0.25, -0.2) is 4.79 Å². The van der Waals surface area contributed by atoms with Gasteiger partial charge in [-0.3, -0.25) is 14.2 Å². The third kappa shape index (κ3) is 4.83. The minimum absolute atomic E-state index is 0.396. The van der Waals surface area contributed by atoms with Gasteiger partial charge in [0.05, 0.1) is 5.75 Å². The van der Waals surface area contributed by atoms with Crippen molar-refractivity contribution < 1.29 is 27.7 Å². The smallest absolute Gasteiger partial charge is 0.326 e. The molecule has 1 rings (SSSR count). The number of benzene rings is 1. The van der Waals surface area contributed by atoms with Crippen LogP contribution in [0.25, 0.3) is 0 Å². The second-order valence-electron chi connectivity index (χ2n) is 4.60. The zero-order valence-electron chi connectivity index (χ0n) is 11.7. The standard InChI is InChI=1S/C13H17NO6S/c1-9-5-3-4-6-11(9)14(10(2)15)12(13(16)17)7-8-21(18,19)20/h3-6,12H,7-8H2,1-2H3,(H,16,17)(H,18,19,20)/t12-/m0/s1. The van der Waals surface area contributed by atoms with Gasteiger partial charge in [-0.2, -0.15) is 8.42 Å². The van der Waals surface area contributed by atoms with Gasteiger partial charge in [-0.05, 0) is 25.0 Å². The molecule has 1 aromatic carbocycles. The van der Waals surface area contributed by atoms with Crippen LogP contribution in [0.3, 0.4) is 0 Å². The Kier molecular flexibility index (Phi) is 5.45. The highest BCUT2D eigenvalue weighted by molar-refractivity contribution is 7.85. The summed E-state index contributed by atoms with van der Waals surface area (Å²) in [4.78, 5) is 24.2. The molecule has 0 saturated heterocycles. The Morgan fingerprint density at radius 3 is 2.29 bits per heavy atom. The minimum Gasteiger partial charge on any atom is -0.480 e. The maximum Gasteiger partial charge on any atom is 0.326 e. The number of anilines is 1. The van der Waals surface area contributed by atoms with Crippen molar-refractivity contribution in [2.45, 2.75) is 26.3 Å². The number of hydrogen-bond acceptors (Lipinski definition) is 4. The summed E-state index contributed by atoms with van der Waals surface area (Å²) in [5.74, 6) is -2.59. The van der Waals surface area contributed by atoms with E-state index in [9.17, 15) is 23.1 Å². The lowest BCUT2D eigenvalue weighted by Crippen LogP contribution is -2.45. The number of amides is 1. The normalized spacial score (nSPS) is 12.7. The van der Waals surface area contributed by atoms with Crippen LogP contribution in [0.5, 0.6) is 0 Å². The average Bonchev–Trinajstić information content (AvgIpc) is 2.33. The lowest BCUT2D eigenvalue weighted by atomic mass is 10.1. The molecule has 1 atom stereocenters. The number of carbonyl (C=O) groups is 2. The molecule has 116 valence electrons. The molecule has 7 nitrogen and oxygen atoms in total. The predicted octanol–water partition coefficient (Wildman–Crippen LogP) is 1.08. The van der Waals surface area contributed by atoms with E-state index in [1.54, 1.807) is 31.2 Å². The Labute approximate surface area is 122 Å². The molecule has 0 heterocycles. The number of carboxylic acid groups (broad SMARTS) is 1. The van der Waals surface area contributed by atoms with Crippen LogP contribution in [0.15, 0.2) is 24.3 Å². The first kappa shape index (κ1) is 17.1. The summed E-state index contributed by atoms with van der Waals surface area (Å²) in [5.41, 5.74) is 1.08. The molecule has 0 spiro atoms. The van der Waals surface area contributed by atoms with Crippen molar-refractivity contribution in [3.8, 4) is 0 Å². The predicted molar refractivity (Wildman–Crippen MR) is 76.8 cm³/mol. The number of para-hydroxylation sites is 1. The zero-order valence-corrected chi connectivity index (χ0v) is 12.5. The van der Waals surface area contributed by atoms with Crippen LogP contribution >= 0.6 is 0 Å². The topological polar surface area (TPSA) is 112 Å². The number of hydrogen-bond donors (Lipinski definition) is 2. The van der Waals surface area contributed by atoms with Gasteiger partial charge in [0.1, 0.15) is 6.04 Å². The fraction of sp³-hybridized carbons (Fsp3) is 0.385. The fourth-order valence-corrected chi connectivity index (χ4v) is 2.54. The van der Waals surface area contributed by atoms with Gasteiger partial charge < -0.3 is 5.11 Å². The van der Waals surface area contributed by atoms with E-state index in [0.717, 1.165) is 4.90 Å². The Morgan fingerprint density at radius 1 is 1.29 bits per heavy atom. The van der Waals surface area contributed by atoms with Gasteiger partial charge in [-0.15, -0.1) is 0 Å². The maximum atomic E-state index is 11.8. The third-order valence-electron chi connectivity index (χ3n) is 2.96. The number of nitrogens with zero attached hydrogens (tertiary/aromatic N) is 1. The quantitative estimate of drug-likeness (QED) is 0.760. The molecule has 0 aliphatic carbocycles. The Balaban J connectivity index is 3.19. The molecule has 0 aromatic heterocycles. The molecule has 1 aromatic rings. The number of aryl methyl sites for hydroxylation is 1. The second kappa shape index (κ2) is 6.68. The van der Waals surface area contributed by atoms with Crippen LogP contribution < -0.4 is 4.90 Å². The van der Waals surface area contributed by atoms with Crippen molar-refractivity contribution in [3.05, 3.63) is 29.8 Å². The number of rotatable bonds is 6. The third-order valence-corrected chi connectivity index (χ3v) is 3.71. The molecule has 0 radical (unpaired) electrons. The fourth-order valence-electron chi connectivity index (χ4n) is 2.01. The van der Waals surface area contributed by atoms with Crippen molar-refractivity contribution >= 4 is 27.7 Å². The number of carbonyl (C=O) groups excluding carboxylic acids is 1. The summed E-state index contributed by atoms with van der Waals surface area (Å²) < 4.78 is 30.4. The summed E-state index contributed by atoms with van der Waals surface area (Å²) in [7, 11) is -4.31. The summed E-state index contributed by atoms with van der Waals surface area (Å²) in [6, 6.07) is 5.32. The summed E-state index contributed by atoms with van der Waals surface area (Å²) in [6.45, 7) is 2.92. The van der Waals surface area contributed by atoms with Gasteiger partial charge in [0, 0.05) is 12.6 Å². The molecule has 0 fully saturated rings. The Hall–Kier alpha value is -1.93. The van der Waals surface area contributed by atoms with Crippen LogP contribution in [0.2, 0.25) is 0 Å². The Bertz CT molecular complexity index is 640. The number of carboxylic acids is 1. The van der Waals surface area contributed by atoms with E-state index in [2.05, 4.69) is 0 Å². The van der Waals surface area contributed by atoms with E-state index in [4.69, 9.17) is 4.55 Å². The highest BCUT2D eigenvalue weighted by Crippen LogP contribution is 2.23. The van der Waals surface area contributed by atoms with Gasteiger partial charge in [0.15, 0.2) is 0 Å².